The number of ether oxygens (including phenoxy) is 1. The highest BCUT2D eigenvalue weighted by Crippen LogP contribution is 2.33. The van der Waals surface area contributed by atoms with Crippen molar-refractivity contribution in [2.45, 2.75) is 38.8 Å². The number of rotatable bonds is 3. The number of pyridine rings is 1. The average molecular weight is 313 g/mol. The van der Waals surface area contributed by atoms with Crippen LogP contribution >= 0.6 is 15.9 Å². The van der Waals surface area contributed by atoms with E-state index in [9.17, 15) is 0 Å². The maximum atomic E-state index is 5.84. The molecule has 1 aromatic heterocycles. The van der Waals surface area contributed by atoms with Gasteiger partial charge in [-0.15, -0.1) is 0 Å². The number of nitrogens with one attached hydrogen (secondary N) is 1. The molecule has 0 aliphatic carbocycles. The Hall–Kier alpha value is -0.450. The Morgan fingerprint density at radius 1 is 1.44 bits per heavy atom. The molecule has 2 atom stereocenters. The maximum Gasteiger partial charge on any atom is 0.103 e. The maximum absolute atomic E-state index is 5.84. The van der Waals surface area contributed by atoms with Crippen molar-refractivity contribution in [3.63, 3.8) is 0 Å². The second-order valence-corrected chi connectivity index (χ2v) is 6.79. The first-order valence-corrected chi connectivity index (χ1v) is 7.23. The Bertz CT molecular complexity index is 386. The first-order valence-electron chi connectivity index (χ1n) is 6.44. The third-order valence-corrected chi connectivity index (χ3v) is 3.62. The molecule has 0 radical (unpaired) electrons. The highest BCUT2D eigenvalue weighted by molar-refractivity contribution is 9.10. The van der Waals surface area contributed by atoms with E-state index in [0.717, 1.165) is 29.7 Å². The summed E-state index contributed by atoms with van der Waals surface area (Å²) in [5.74, 6) is 0.512. The van der Waals surface area contributed by atoms with Crippen LogP contribution in [-0.4, -0.2) is 23.7 Å². The normalized spacial score (nSPS) is 24.4. The van der Waals surface area contributed by atoms with Crippen LogP contribution in [-0.2, 0) is 4.74 Å². The van der Waals surface area contributed by atoms with Gasteiger partial charge in [-0.1, -0.05) is 0 Å². The largest absolute Gasteiger partial charge is 0.372 e. The van der Waals surface area contributed by atoms with Crippen molar-refractivity contribution in [2.75, 3.05) is 13.2 Å². The summed E-state index contributed by atoms with van der Waals surface area (Å²) >= 11 is 3.41. The molecule has 2 unspecified atom stereocenters. The molecular weight excluding hydrogens is 292 g/mol. The highest BCUT2D eigenvalue weighted by Gasteiger charge is 2.31. The molecule has 0 aromatic carbocycles. The number of halogens is 1. The van der Waals surface area contributed by atoms with Crippen molar-refractivity contribution < 1.29 is 4.74 Å². The van der Waals surface area contributed by atoms with Gasteiger partial charge in [0.25, 0.3) is 0 Å². The summed E-state index contributed by atoms with van der Waals surface area (Å²) in [5.41, 5.74) is 1.19. The van der Waals surface area contributed by atoms with Crippen LogP contribution in [0.3, 0.4) is 0 Å². The quantitative estimate of drug-likeness (QED) is 0.929. The lowest BCUT2D eigenvalue weighted by Gasteiger charge is -2.25. The van der Waals surface area contributed by atoms with Gasteiger partial charge < -0.3 is 10.1 Å². The van der Waals surface area contributed by atoms with E-state index in [1.807, 2.05) is 18.3 Å². The minimum absolute atomic E-state index is 0.132. The lowest BCUT2D eigenvalue weighted by molar-refractivity contribution is 0.0855. The van der Waals surface area contributed by atoms with Gasteiger partial charge in [0.15, 0.2) is 0 Å². The first kappa shape index (κ1) is 14.0. The van der Waals surface area contributed by atoms with E-state index in [2.05, 4.69) is 47.0 Å². The molecule has 1 saturated heterocycles. The van der Waals surface area contributed by atoms with Crippen LogP contribution in [0.5, 0.6) is 0 Å². The van der Waals surface area contributed by atoms with Crippen LogP contribution < -0.4 is 5.32 Å². The zero-order valence-electron chi connectivity index (χ0n) is 11.2. The predicted octanol–water partition coefficient (Wildman–Crippen LogP) is 3.31. The van der Waals surface area contributed by atoms with E-state index in [0.29, 0.717) is 5.92 Å². The van der Waals surface area contributed by atoms with Gasteiger partial charge >= 0.3 is 0 Å². The molecule has 2 rings (SSSR count). The second kappa shape index (κ2) is 5.68. The van der Waals surface area contributed by atoms with Crippen LogP contribution in [0.1, 0.15) is 39.0 Å². The molecule has 0 bridgehead atoms. The Kier molecular flexibility index (Phi) is 4.41. The van der Waals surface area contributed by atoms with Crippen LogP contribution in [0.4, 0.5) is 0 Å². The minimum atomic E-state index is 0.132. The van der Waals surface area contributed by atoms with Gasteiger partial charge in [0.2, 0.25) is 0 Å². The molecule has 1 N–H and O–H groups in total. The summed E-state index contributed by atoms with van der Waals surface area (Å²) in [6.07, 6.45) is 3.07. The van der Waals surface area contributed by atoms with Gasteiger partial charge in [-0.3, -0.25) is 4.98 Å². The van der Waals surface area contributed by atoms with Crippen LogP contribution in [0.15, 0.2) is 22.8 Å². The van der Waals surface area contributed by atoms with Crippen LogP contribution in [0.25, 0.3) is 0 Å². The van der Waals surface area contributed by atoms with Crippen molar-refractivity contribution in [1.29, 1.82) is 0 Å². The van der Waals surface area contributed by atoms with Gasteiger partial charge in [-0.25, -0.2) is 0 Å². The topological polar surface area (TPSA) is 34.1 Å². The van der Waals surface area contributed by atoms with Gasteiger partial charge in [0.1, 0.15) is 6.10 Å². The van der Waals surface area contributed by atoms with Crippen LogP contribution in [0.2, 0.25) is 0 Å². The van der Waals surface area contributed by atoms with E-state index in [1.54, 1.807) is 0 Å². The van der Waals surface area contributed by atoms with E-state index in [4.69, 9.17) is 4.74 Å². The molecule has 1 aliphatic rings. The van der Waals surface area contributed by atoms with Gasteiger partial charge in [0.05, 0.1) is 5.69 Å². The number of hydrogen-bond acceptors (Lipinski definition) is 3. The van der Waals surface area contributed by atoms with Crippen molar-refractivity contribution in [1.82, 2.24) is 10.3 Å². The van der Waals surface area contributed by atoms with Crippen molar-refractivity contribution in [2.24, 2.45) is 5.92 Å². The summed E-state index contributed by atoms with van der Waals surface area (Å²) in [6, 6.07) is 4.07. The zero-order chi connectivity index (χ0) is 13.2. The van der Waals surface area contributed by atoms with E-state index >= 15 is 0 Å². The minimum Gasteiger partial charge on any atom is -0.372 e. The highest BCUT2D eigenvalue weighted by atomic mass is 79.9. The number of nitrogens with zero attached hydrogens (tertiary/aromatic N) is 1. The van der Waals surface area contributed by atoms with E-state index in [1.165, 1.54) is 0 Å². The van der Waals surface area contributed by atoms with Crippen LogP contribution in [0, 0.1) is 5.92 Å². The molecule has 0 amide bonds. The van der Waals surface area contributed by atoms with E-state index < -0.39 is 0 Å². The monoisotopic (exact) mass is 312 g/mol. The average Bonchev–Trinajstić information content (AvgIpc) is 2.75. The SMILES string of the molecule is CC(C)(C)NCC1CCOC1c1ccc(Br)cn1. The lowest BCUT2D eigenvalue weighted by Crippen LogP contribution is -2.39. The zero-order valence-corrected chi connectivity index (χ0v) is 12.8. The smallest absolute Gasteiger partial charge is 0.103 e. The Morgan fingerprint density at radius 3 is 2.83 bits per heavy atom. The first-order chi connectivity index (χ1) is 8.46. The van der Waals surface area contributed by atoms with E-state index in [-0.39, 0.29) is 11.6 Å². The third-order valence-electron chi connectivity index (χ3n) is 3.15. The summed E-state index contributed by atoms with van der Waals surface area (Å²) in [6.45, 7) is 8.38. The summed E-state index contributed by atoms with van der Waals surface area (Å²) in [5, 5.41) is 3.56. The third kappa shape index (κ3) is 3.77. The Labute approximate surface area is 117 Å². The number of hydrogen-bond donors (Lipinski definition) is 1. The van der Waals surface area contributed by atoms with Gasteiger partial charge in [0, 0.05) is 35.3 Å². The molecule has 1 aliphatic heterocycles. The molecule has 100 valence electrons. The van der Waals surface area contributed by atoms with Crippen molar-refractivity contribution in [3.05, 3.63) is 28.5 Å². The van der Waals surface area contributed by atoms with Crippen molar-refractivity contribution >= 4 is 15.9 Å². The number of aromatic nitrogens is 1. The fraction of sp³-hybridized carbons (Fsp3) is 0.643. The molecule has 3 nitrogen and oxygen atoms in total. The molecule has 2 heterocycles. The molecule has 1 fully saturated rings. The molecule has 0 spiro atoms. The molecule has 0 saturated carbocycles. The van der Waals surface area contributed by atoms with Gasteiger partial charge in [-0.2, -0.15) is 0 Å². The fourth-order valence-corrected chi connectivity index (χ4v) is 2.40. The summed E-state index contributed by atoms with van der Waals surface area (Å²) in [7, 11) is 0. The standard InChI is InChI=1S/C14H21BrN2O/c1-14(2,3)17-8-10-6-7-18-13(10)12-5-4-11(15)9-16-12/h4-5,9-10,13,17H,6-8H2,1-3H3. The molecule has 1 aromatic rings. The molecular formula is C14H21BrN2O. The Morgan fingerprint density at radius 2 is 2.22 bits per heavy atom. The summed E-state index contributed by atoms with van der Waals surface area (Å²) in [4.78, 5) is 4.46. The summed E-state index contributed by atoms with van der Waals surface area (Å²) < 4.78 is 6.85. The Balaban J connectivity index is 2.01. The fourth-order valence-electron chi connectivity index (χ4n) is 2.16. The molecule has 18 heavy (non-hydrogen) atoms. The van der Waals surface area contributed by atoms with Gasteiger partial charge in [-0.05, 0) is 55.3 Å². The predicted molar refractivity (Wildman–Crippen MR) is 76.5 cm³/mol. The lowest BCUT2D eigenvalue weighted by atomic mass is 9.97. The molecule has 4 heteroatoms. The second-order valence-electron chi connectivity index (χ2n) is 5.87. The van der Waals surface area contributed by atoms with Crippen molar-refractivity contribution in [3.8, 4) is 0 Å².